The SMILES string of the molecule is CO[C@H]1C=C2[C@@H](CC[C@H](O[C@@H]3O[C@H](CO)[C@@H](O)[C@@H](O)[C@H]3O)C2(C)C)[C@]2(C=O)CC[C@]3(C)[C@@H]([C@H](C)C/C=C/C(C)(C)OC)CC[C@@]3(C)[C@H]12. The molecule has 0 amide bonds. The predicted molar refractivity (Wildman–Crippen MR) is 178 cm³/mol. The third-order valence-electron chi connectivity index (χ3n) is 14.3. The molecule has 5 rings (SSSR count). The van der Waals surface area contributed by atoms with Crippen molar-refractivity contribution in [1.82, 2.24) is 0 Å². The van der Waals surface area contributed by atoms with Gasteiger partial charge in [-0.1, -0.05) is 58.4 Å². The number of methoxy groups -OCH3 is 2. The molecule has 9 nitrogen and oxygen atoms in total. The van der Waals surface area contributed by atoms with Gasteiger partial charge in [-0.05, 0) is 87.4 Å². The molecule has 1 saturated heterocycles. The number of ether oxygens (including phenoxy) is 4. The first-order chi connectivity index (χ1) is 22.0. The first-order valence-electron chi connectivity index (χ1n) is 17.9. The van der Waals surface area contributed by atoms with Crippen LogP contribution in [0.25, 0.3) is 0 Å². The van der Waals surface area contributed by atoms with E-state index < -0.39 is 48.1 Å². The minimum absolute atomic E-state index is 0.0399. The molecule has 0 aromatic rings. The van der Waals surface area contributed by atoms with Gasteiger partial charge in [0.1, 0.15) is 30.7 Å². The number of allylic oxidation sites excluding steroid dienone is 1. The lowest BCUT2D eigenvalue weighted by molar-refractivity contribution is -0.320. The van der Waals surface area contributed by atoms with Crippen LogP contribution in [0.4, 0.5) is 0 Å². The van der Waals surface area contributed by atoms with Crippen molar-refractivity contribution in [2.75, 3.05) is 20.8 Å². The Hall–Kier alpha value is -1.17. The molecule has 4 N–H and O–H groups in total. The summed E-state index contributed by atoms with van der Waals surface area (Å²) in [4.78, 5) is 13.7. The third kappa shape index (κ3) is 5.82. The Morgan fingerprint density at radius 2 is 1.70 bits per heavy atom. The first kappa shape index (κ1) is 37.1. The van der Waals surface area contributed by atoms with Gasteiger partial charge < -0.3 is 44.2 Å². The number of rotatable bonds is 10. The fourth-order valence-electron chi connectivity index (χ4n) is 11.1. The van der Waals surface area contributed by atoms with E-state index in [0.29, 0.717) is 18.3 Å². The van der Waals surface area contributed by atoms with Crippen molar-refractivity contribution in [2.45, 2.75) is 142 Å². The van der Waals surface area contributed by atoms with Crippen LogP contribution in [0.3, 0.4) is 0 Å². The largest absolute Gasteiger partial charge is 0.394 e. The van der Waals surface area contributed by atoms with Crippen LogP contribution < -0.4 is 0 Å². The van der Waals surface area contributed by atoms with Crippen LogP contribution in [0.1, 0.15) is 93.4 Å². The number of hydrogen-bond acceptors (Lipinski definition) is 9. The summed E-state index contributed by atoms with van der Waals surface area (Å²) in [5.41, 5.74) is -0.255. The zero-order valence-corrected chi connectivity index (χ0v) is 30.1. The molecular weight excluding hydrogens is 600 g/mol. The monoisotopic (exact) mass is 662 g/mol. The Morgan fingerprint density at radius 3 is 2.32 bits per heavy atom. The molecule has 1 heterocycles. The summed E-state index contributed by atoms with van der Waals surface area (Å²) in [5.74, 6) is 1.12. The lowest BCUT2D eigenvalue weighted by atomic mass is 9.38. The highest BCUT2D eigenvalue weighted by Gasteiger charge is 2.71. The minimum Gasteiger partial charge on any atom is -0.394 e. The van der Waals surface area contributed by atoms with Crippen molar-refractivity contribution in [2.24, 2.45) is 45.3 Å². The molecule has 4 aliphatic carbocycles. The van der Waals surface area contributed by atoms with Gasteiger partial charge >= 0.3 is 0 Å². The van der Waals surface area contributed by atoms with Crippen LogP contribution >= 0.6 is 0 Å². The molecule has 14 atom stereocenters. The van der Waals surface area contributed by atoms with Crippen LogP contribution in [0, 0.1) is 45.3 Å². The third-order valence-corrected chi connectivity index (χ3v) is 14.3. The standard InChI is InChI=1S/C38H62O9/c1-22(11-10-15-34(2,3)45-9)23-14-16-37(7)32-26(44-8)19-25-24(38(32,21-40)18-17-36(23,37)6)12-13-28(35(25,4)5)47-33-31(43)30(42)29(41)27(20-39)46-33/h10,15,19,21-24,26-33,39,41-43H,11-14,16-18,20H2,1-9H3/b15-10+/t22-,23-,24-,26+,27-,28+,29-,30-,31-,32+,33+,36-,37+,38-/m1/s1. The van der Waals surface area contributed by atoms with Gasteiger partial charge in [0.15, 0.2) is 6.29 Å². The summed E-state index contributed by atoms with van der Waals surface area (Å²) in [6.07, 6.45) is 7.15. The Labute approximate surface area is 282 Å². The van der Waals surface area contributed by atoms with E-state index in [-0.39, 0.29) is 40.5 Å². The van der Waals surface area contributed by atoms with Crippen molar-refractivity contribution in [3.05, 3.63) is 23.8 Å². The second kappa shape index (κ2) is 13.2. The first-order valence-corrected chi connectivity index (χ1v) is 17.9. The molecule has 0 spiro atoms. The number of aldehydes is 1. The van der Waals surface area contributed by atoms with Crippen molar-refractivity contribution in [1.29, 1.82) is 0 Å². The van der Waals surface area contributed by atoms with E-state index in [2.05, 4.69) is 66.7 Å². The summed E-state index contributed by atoms with van der Waals surface area (Å²) >= 11 is 0. The molecule has 0 unspecified atom stereocenters. The maximum Gasteiger partial charge on any atom is 0.187 e. The van der Waals surface area contributed by atoms with Crippen molar-refractivity contribution >= 4 is 6.29 Å². The molecule has 4 fully saturated rings. The highest BCUT2D eigenvalue weighted by Crippen LogP contribution is 2.75. The Kier molecular flexibility index (Phi) is 10.4. The Bertz CT molecular complexity index is 1200. The fraction of sp³-hybridized carbons (Fsp3) is 0.868. The quantitative estimate of drug-likeness (QED) is 0.196. The van der Waals surface area contributed by atoms with Gasteiger partial charge in [-0.3, -0.25) is 0 Å². The molecule has 0 radical (unpaired) electrons. The number of carbonyl (C=O) groups is 1. The van der Waals surface area contributed by atoms with E-state index in [1.807, 2.05) is 0 Å². The summed E-state index contributed by atoms with van der Waals surface area (Å²) in [5, 5.41) is 41.1. The van der Waals surface area contributed by atoms with Gasteiger partial charge in [0, 0.05) is 31.0 Å². The van der Waals surface area contributed by atoms with Crippen molar-refractivity contribution < 1.29 is 44.2 Å². The second-order valence-corrected chi connectivity index (χ2v) is 17.1. The molecule has 1 aliphatic heterocycles. The highest BCUT2D eigenvalue weighted by molar-refractivity contribution is 5.65. The lowest BCUT2D eigenvalue weighted by Crippen LogP contribution is -2.65. The van der Waals surface area contributed by atoms with Gasteiger partial charge in [0.2, 0.25) is 0 Å². The number of carbonyl (C=O) groups excluding carboxylic acids is 1. The van der Waals surface area contributed by atoms with E-state index in [4.69, 9.17) is 18.9 Å². The predicted octanol–water partition coefficient (Wildman–Crippen LogP) is 4.59. The summed E-state index contributed by atoms with van der Waals surface area (Å²) in [7, 11) is 3.51. The van der Waals surface area contributed by atoms with Crippen LogP contribution in [-0.2, 0) is 23.7 Å². The molecule has 268 valence electrons. The molecule has 3 saturated carbocycles. The maximum atomic E-state index is 13.7. The minimum atomic E-state index is -1.50. The molecule has 47 heavy (non-hydrogen) atoms. The topological polar surface area (TPSA) is 135 Å². The second-order valence-electron chi connectivity index (χ2n) is 17.1. The maximum absolute atomic E-state index is 13.7. The van der Waals surface area contributed by atoms with E-state index in [1.54, 1.807) is 14.2 Å². The Morgan fingerprint density at radius 1 is 1.00 bits per heavy atom. The number of hydrogen-bond donors (Lipinski definition) is 4. The van der Waals surface area contributed by atoms with E-state index in [9.17, 15) is 25.2 Å². The Balaban J connectivity index is 1.44. The van der Waals surface area contributed by atoms with Crippen molar-refractivity contribution in [3.8, 4) is 0 Å². The van der Waals surface area contributed by atoms with Crippen LogP contribution in [0.2, 0.25) is 0 Å². The molecule has 0 aromatic carbocycles. The molecule has 5 aliphatic rings. The average Bonchev–Trinajstić information content (AvgIpc) is 3.32. The zero-order valence-electron chi connectivity index (χ0n) is 30.1. The number of aliphatic hydroxyl groups is 4. The molecule has 0 bridgehead atoms. The molecule has 0 aromatic heterocycles. The van der Waals surface area contributed by atoms with Gasteiger partial charge in [0.05, 0.1) is 24.4 Å². The summed E-state index contributed by atoms with van der Waals surface area (Å²) < 4.78 is 24.1. The number of aliphatic hydroxyl groups excluding tert-OH is 4. The van der Waals surface area contributed by atoms with E-state index in [0.717, 1.165) is 44.1 Å². The lowest BCUT2D eigenvalue weighted by Gasteiger charge is -2.66. The van der Waals surface area contributed by atoms with E-state index in [1.165, 1.54) is 6.29 Å². The van der Waals surface area contributed by atoms with Gasteiger partial charge in [-0.15, -0.1) is 0 Å². The molecular formula is C38H62O9. The van der Waals surface area contributed by atoms with Gasteiger partial charge in [-0.2, -0.15) is 0 Å². The summed E-state index contributed by atoms with van der Waals surface area (Å²) in [6, 6.07) is 0. The summed E-state index contributed by atoms with van der Waals surface area (Å²) in [6.45, 7) is 15.2. The fourth-order valence-corrected chi connectivity index (χ4v) is 11.1. The van der Waals surface area contributed by atoms with Crippen molar-refractivity contribution in [3.63, 3.8) is 0 Å². The number of fused-ring (bicyclic) bond motifs is 5. The highest BCUT2D eigenvalue weighted by atomic mass is 16.7. The van der Waals surface area contributed by atoms with E-state index >= 15 is 0 Å². The zero-order chi connectivity index (χ0) is 34.7. The smallest absolute Gasteiger partial charge is 0.187 e. The van der Waals surface area contributed by atoms with Gasteiger partial charge in [-0.25, -0.2) is 0 Å². The van der Waals surface area contributed by atoms with Crippen LogP contribution in [0.5, 0.6) is 0 Å². The van der Waals surface area contributed by atoms with Crippen LogP contribution in [-0.4, -0.2) is 96.1 Å². The normalized spacial score (nSPS) is 47.1. The van der Waals surface area contributed by atoms with Gasteiger partial charge in [0.25, 0.3) is 0 Å². The average molecular weight is 663 g/mol. The molecule has 9 heteroatoms. The van der Waals surface area contributed by atoms with Crippen LogP contribution in [0.15, 0.2) is 23.8 Å².